The van der Waals surface area contributed by atoms with Gasteiger partial charge in [0.2, 0.25) is 10.0 Å². The highest BCUT2D eigenvalue weighted by molar-refractivity contribution is 7.89. The molecule has 2 heterocycles. The van der Waals surface area contributed by atoms with E-state index in [1.54, 1.807) is 12.1 Å². The maximum Gasteiger partial charge on any atom is 0.241 e. The van der Waals surface area contributed by atoms with E-state index in [2.05, 4.69) is 9.62 Å². The van der Waals surface area contributed by atoms with Crippen molar-refractivity contribution in [3.05, 3.63) is 60.1 Å². The number of morpholine rings is 1. The molecule has 1 aliphatic rings. The van der Waals surface area contributed by atoms with E-state index < -0.39 is 10.0 Å². The minimum Gasteiger partial charge on any atom is -0.493 e. The number of hydrogen-bond acceptors (Lipinski definition) is 6. The quantitative estimate of drug-likeness (QED) is 0.573. The van der Waals surface area contributed by atoms with Crippen molar-refractivity contribution in [2.75, 3.05) is 39.5 Å². The first-order valence-corrected chi connectivity index (χ1v) is 12.0. The second-order valence-electron chi connectivity index (χ2n) is 7.50. The molecule has 1 atom stereocenters. The third kappa shape index (κ3) is 4.77. The molecule has 1 saturated heterocycles. The average Bonchev–Trinajstić information content (AvgIpc) is 3.21. The monoisotopic (exact) mass is 444 g/mol. The van der Waals surface area contributed by atoms with Crippen LogP contribution in [0.3, 0.4) is 0 Å². The minimum absolute atomic E-state index is 0.205. The Morgan fingerprint density at radius 2 is 1.81 bits per heavy atom. The Morgan fingerprint density at radius 3 is 2.48 bits per heavy atom. The standard InChI is InChI=1S/C23H28N2O5S/c1-3-29-21-10-11-23(19-7-5-4-6-18(19)21)31(26,27)24-16-20(22-9-8-17(2)30-22)25-12-14-28-15-13-25/h4-11,20,24H,3,12-16H2,1-2H3. The van der Waals surface area contributed by atoms with E-state index in [9.17, 15) is 8.42 Å². The maximum atomic E-state index is 13.3. The van der Waals surface area contributed by atoms with E-state index >= 15 is 0 Å². The molecule has 4 rings (SSSR count). The van der Waals surface area contributed by atoms with Gasteiger partial charge in [-0.3, -0.25) is 4.90 Å². The van der Waals surface area contributed by atoms with Gasteiger partial charge in [-0.1, -0.05) is 24.3 Å². The Kier molecular flexibility index (Phi) is 6.62. The molecule has 0 saturated carbocycles. The lowest BCUT2D eigenvalue weighted by molar-refractivity contribution is 0.0127. The van der Waals surface area contributed by atoms with E-state index in [1.807, 2.05) is 50.2 Å². The zero-order valence-corrected chi connectivity index (χ0v) is 18.7. The summed E-state index contributed by atoms with van der Waals surface area (Å²) in [6, 6.07) is 14.3. The third-order valence-electron chi connectivity index (χ3n) is 5.48. The lowest BCUT2D eigenvalue weighted by atomic mass is 10.1. The van der Waals surface area contributed by atoms with Crippen LogP contribution < -0.4 is 9.46 Å². The first-order chi connectivity index (χ1) is 15.0. The zero-order chi connectivity index (χ0) is 21.8. The van der Waals surface area contributed by atoms with Gasteiger partial charge in [0.15, 0.2) is 0 Å². The van der Waals surface area contributed by atoms with Gasteiger partial charge in [-0.15, -0.1) is 0 Å². The van der Waals surface area contributed by atoms with Crippen molar-refractivity contribution in [3.8, 4) is 5.75 Å². The summed E-state index contributed by atoms with van der Waals surface area (Å²) < 4.78 is 46.4. The molecule has 166 valence electrons. The summed E-state index contributed by atoms with van der Waals surface area (Å²) in [5, 5.41) is 1.41. The molecular formula is C23H28N2O5S. The van der Waals surface area contributed by atoms with Gasteiger partial charge >= 0.3 is 0 Å². The van der Waals surface area contributed by atoms with Crippen LogP contribution in [0.25, 0.3) is 10.8 Å². The van der Waals surface area contributed by atoms with Crippen molar-refractivity contribution in [3.63, 3.8) is 0 Å². The van der Waals surface area contributed by atoms with Crippen molar-refractivity contribution in [1.82, 2.24) is 9.62 Å². The number of fused-ring (bicyclic) bond motifs is 1. The molecule has 3 aromatic rings. The van der Waals surface area contributed by atoms with E-state index in [-0.39, 0.29) is 17.5 Å². The van der Waals surface area contributed by atoms with Crippen LogP contribution in [0, 0.1) is 6.92 Å². The average molecular weight is 445 g/mol. The minimum atomic E-state index is -3.76. The molecule has 1 unspecified atom stereocenters. The lowest BCUT2D eigenvalue weighted by Gasteiger charge is -2.33. The molecule has 8 heteroatoms. The number of ether oxygens (including phenoxy) is 2. The van der Waals surface area contributed by atoms with Gasteiger partial charge in [0, 0.05) is 30.4 Å². The van der Waals surface area contributed by atoms with Crippen LogP contribution in [0.4, 0.5) is 0 Å². The Labute approximate surface area is 183 Å². The zero-order valence-electron chi connectivity index (χ0n) is 17.8. The molecule has 1 aromatic heterocycles. The Balaban J connectivity index is 1.62. The molecule has 1 fully saturated rings. The fourth-order valence-corrected chi connectivity index (χ4v) is 5.20. The molecule has 0 spiro atoms. The van der Waals surface area contributed by atoms with E-state index in [4.69, 9.17) is 13.9 Å². The lowest BCUT2D eigenvalue weighted by Crippen LogP contribution is -2.43. The first-order valence-electron chi connectivity index (χ1n) is 10.5. The number of benzene rings is 2. The largest absolute Gasteiger partial charge is 0.493 e. The summed E-state index contributed by atoms with van der Waals surface area (Å²) in [6.07, 6.45) is 0. The Hall–Kier alpha value is -2.39. The maximum absolute atomic E-state index is 13.3. The molecule has 1 N–H and O–H groups in total. The topological polar surface area (TPSA) is 81.0 Å². The van der Waals surface area contributed by atoms with E-state index in [0.717, 1.165) is 30.0 Å². The summed E-state index contributed by atoms with van der Waals surface area (Å²) in [5.74, 6) is 2.22. The second-order valence-corrected chi connectivity index (χ2v) is 9.24. The highest BCUT2D eigenvalue weighted by Crippen LogP contribution is 2.31. The summed E-state index contributed by atoms with van der Waals surface area (Å²) in [4.78, 5) is 2.43. The number of aryl methyl sites for hydroxylation is 1. The van der Waals surface area contributed by atoms with E-state index in [1.165, 1.54) is 0 Å². The molecule has 31 heavy (non-hydrogen) atoms. The SMILES string of the molecule is CCOc1ccc(S(=O)(=O)NCC(c2ccc(C)o2)N2CCOCC2)c2ccccc12. The fraction of sp³-hybridized carbons (Fsp3) is 0.391. The highest BCUT2D eigenvalue weighted by atomic mass is 32.2. The van der Waals surface area contributed by atoms with Gasteiger partial charge in [-0.05, 0) is 38.1 Å². The van der Waals surface area contributed by atoms with Crippen LogP contribution in [-0.2, 0) is 14.8 Å². The molecule has 7 nitrogen and oxygen atoms in total. The van der Waals surface area contributed by atoms with Crippen LogP contribution in [-0.4, -0.2) is 52.8 Å². The van der Waals surface area contributed by atoms with Gasteiger partial charge in [-0.25, -0.2) is 13.1 Å². The number of nitrogens with one attached hydrogen (secondary N) is 1. The predicted octanol–water partition coefficient (Wildman–Crippen LogP) is 3.49. The number of nitrogens with zero attached hydrogens (tertiary/aromatic N) is 1. The molecule has 0 aliphatic carbocycles. The fourth-order valence-electron chi connectivity index (χ4n) is 3.96. The normalized spacial score (nSPS) is 16.5. The number of furan rings is 1. The van der Waals surface area contributed by atoms with Crippen LogP contribution in [0.2, 0.25) is 0 Å². The van der Waals surface area contributed by atoms with Crippen LogP contribution in [0.1, 0.15) is 24.5 Å². The van der Waals surface area contributed by atoms with Crippen molar-refractivity contribution in [2.24, 2.45) is 0 Å². The van der Waals surface area contributed by atoms with Crippen LogP contribution >= 0.6 is 0 Å². The highest BCUT2D eigenvalue weighted by Gasteiger charge is 2.28. The molecule has 0 radical (unpaired) electrons. The van der Waals surface area contributed by atoms with Crippen molar-refractivity contribution in [2.45, 2.75) is 24.8 Å². The van der Waals surface area contributed by atoms with Gasteiger partial charge in [0.25, 0.3) is 0 Å². The van der Waals surface area contributed by atoms with E-state index in [0.29, 0.717) is 31.0 Å². The van der Waals surface area contributed by atoms with Gasteiger partial charge in [0.1, 0.15) is 17.3 Å². The molecule has 0 bridgehead atoms. The van der Waals surface area contributed by atoms with Gasteiger partial charge in [-0.2, -0.15) is 0 Å². The predicted molar refractivity (Wildman–Crippen MR) is 119 cm³/mol. The van der Waals surface area contributed by atoms with Gasteiger partial charge in [0.05, 0.1) is 30.8 Å². The summed E-state index contributed by atoms with van der Waals surface area (Å²) in [7, 11) is -3.76. The molecule has 1 aliphatic heterocycles. The third-order valence-corrected chi connectivity index (χ3v) is 6.96. The number of hydrogen-bond donors (Lipinski definition) is 1. The molecule has 2 aromatic carbocycles. The number of rotatable bonds is 8. The molecule has 0 amide bonds. The second kappa shape index (κ2) is 9.40. The summed E-state index contributed by atoms with van der Waals surface area (Å²) in [6.45, 7) is 7.18. The smallest absolute Gasteiger partial charge is 0.241 e. The summed E-state index contributed by atoms with van der Waals surface area (Å²) in [5.41, 5.74) is 0. The Morgan fingerprint density at radius 1 is 1.06 bits per heavy atom. The molecular weight excluding hydrogens is 416 g/mol. The van der Waals surface area contributed by atoms with Crippen molar-refractivity contribution >= 4 is 20.8 Å². The van der Waals surface area contributed by atoms with Crippen LogP contribution in [0.5, 0.6) is 5.75 Å². The number of sulfonamides is 1. The Bertz CT molecular complexity index is 1140. The first kappa shape index (κ1) is 21.8. The van der Waals surface area contributed by atoms with Crippen molar-refractivity contribution in [1.29, 1.82) is 0 Å². The van der Waals surface area contributed by atoms with Crippen LogP contribution in [0.15, 0.2) is 57.8 Å². The van der Waals surface area contributed by atoms with Crippen molar-refractivity contribution < 1.29 is 22.3 Å². The van der Waals surface area contributed by atoms with Gasteiger partial charge < -0.3 is 13.9 Å². The summed E-state index contributed by atoms with van der Waals surface area (Å²) >= 11 is 0.